The van der Waals surface area contributed by atoms with Crippen molar-refractivity contribution in [3.63, 3.8) is 0 Å². The van der Waals surface area contributed by atoms with E-state index in [1.165, 1.54) is 25.7 Å². The number of hydrogen-bond donors (Lipinski definition) is 2. The van der Waals surface area contributed by atoms with Crippen molar-refractivity contribution in [3.8, 4) is 0 Å². The van der Waals surface area contributed by atoms with Gasteiger partial charge >= 0.3 is 0 Å². The Morgan fingerprint density at radius 1 is 1.27 bits per heavy atom. The summed E-state index contributed by atoms with van der Waals surface area (Å²) in [5, 5.41) is 6.58. The van der Waals surface area contributed by atoms with E-state index >= 15 is 0 Å². The van der Waals surface area contributed by atoms with E-state index in [0.29, 0.717) is 18.0 Å². The van der Waals surface area contributed by atoms with Crippen molar-refractivity contribution in [1.82, 2.24) is 10.6 Å². The summed E-state index contributed by atoms with van der Waals surface area (Å²) in [6, 6.07) is 0.973. The van der Waals surface area contributed by atoms with Crippen LogP contribution in [0.2, 0.25) is 0 Å². The van der Waals surface area contributed by atoms with E-state index in [4.69, 9.17) is 0 Å². The maximum atomic E-state index is 12.0. The van der Waals surface area contributed by atoms with Crippen LogP contribution in [0.3, 0.4) is 0 Å². The van der Waals surface area contributed by atoms with Gasteiger partial charge in [0.15, 0.2) is 0 Å². The first-order valence-corrected chi connectivity index (χ1v) is 6.29. The molecule has 0 aromatic carbocycles. The maximum absolute atomic E-state index is 12.0. The van der Waals surface area contributed by atoms with E-state index in [0.717, 1.165) is 19.4 Å². The summed E-state index contributed by atoms with van der Waals surface area (Å²) in [5.41, 5.74) is 0. The molecule has 2 rings (SSSR count). The van der Waals surface area contributed by atoms with Crippen molar-refractivity contribution >= 4 is 5.91 Å². The van der Waals surface area contributed by atoms with Gasteiger partial charge in [-0.2, -0.15) is 0 Å². The molecule has 15 heavy (non-hydrogen) atoms. The number of carbonyl (C=O) groups excluding carboxylic acids is 1. The Hall–Kier alpha value is -0.570. The first kappa shape index (κ1) is 10.9. The van der Waals surface area contributed by atoms with Crippen LogP contribution in [0, 0.1) is 5.92 Å². The Kier molecular flexibility index (Phi) is 3.62. The molecule has 0 unspecified atom stereocenters. The molecular formula is C12H22N2O. The van der Waals surface area contributed by atoms with Crippen LogP contribution >= 0.6 is 0 Å². The van der Waals surface area contributed by atoms with Crippen molar-refractivity contribution in [2.45, 2.75) is 57.5 Å². The zero-order valence-corrected chi connectivity index (χ0v) is 9.59. The lowest BCUT2D eigenvalue weighted by Crippen LogP contribution is -2.44. The summed E-state index contributed by atoms with van der Waals surface area (Å²) >= 11 is 0. The van der Waals surface area contributed by atoms with Crippen LogP contribution in [0.4, 0.5) is 0 Å². The molecule has 2 N–H and O–H groups in total. The van der Waals surface area contributed by atoms with E-state index in [2.05, 4.69) is 17.6 Å². The first-order valence-electron chi connectivity index (χ1n) is 6.29. The molecule has 0 aromatic heterocycles. The molecule has 1 saturated heterocycles. The number of amides is 1. The van der Waals surface area contributed by atoms with Gasteiger partial charge in [0, 0.05) is 18.0 Å². The molecule has 3 heteroatoms. The zero-order valence-electron chi connectivity index (χ0n) is 9.59. The Bertz CT molecular complexity index is 224. The molecule has 86 valence electrons. The minimum absolute atomic E-state index is 0.252. The van der Waals surface area contributed by atoms with Gasteiger partial charge in [-0.15, -0.1) is 0 Å². The van der Waals surface area contributed by atoms with Crippen molar-refractivity contribution in [2.75, 3.05) is 6.54 Å². The topological polar surface area (TPSA) is 41.1 Å². The molecule has 1 heterocycles. The average Bonchev–Trinajstić information content (AvgIpc) is 2.70. The molecule has 0 bridgehead atoms. The van der Waals surface area contributed by atoms with Crippen molar-refractivity contribution in [3.05, 3.63) is 0 Å². The fraction of sp³-hybridized carbons (Fsp3) is 0.917. The van der Waals surface area contributed by atoms with Crippen LogP contribution in [-0.2, 0) is 4.79 Å². The van der Waals surface area contributed by atoms with Gasteiger partial charge in [-0.1, -0.05) is 12.8 Å². The van der Waals surface area contributed by atoms with Crippen LogP contribution in [0.1, 0.15) is 45.4 Å². The minimum Gasteiger partial charge on any atom is -0.353 e. The van der Waals surface area contributed by atoms with E-state index < -0.39 is 0 Å². The van der Waals surface area contributed by atoms with Crippen molar-refractivity contribution < 1.29 is 4.79 Å². The van der Waals surface area contributed by atoms with Crippen molar-refractivity contribution in [1.29, 1.82) is 0 Å². The van der Waals surface area contributed by atoms with Gasteiger partial charge in [0.05, 0.1) is 0 Å². The first-order chi connectivity index (χ1) is 7.25. The van der Waals surface area contributed by atoms with Gasteiger partial charge in [0.25, 0.3) is 0 Å². The van der Waals surface area contributed by atoms with Gasteiger partial charge < -0.3 is 10.6 Å². The second-order valence-corrected chi connectivity index (χ2v) is 5.07. The highest BCUT2D eigenvalue weighted by Gasteiger charge is 2.26. The monoisotopic (exact) mass is 210 g/mol. The molecule has 2 fully saturated rings. The van der Waals surface area contributed by atoms with Crippen LogP contribution in [0.5, 0.6) is 0 Å². The van der Waals surface area contributed by atoms with E-state index in [1.54, 1.807) is 0 Å². The van der Waals surface area contributed by atoms with E-state index in [-0.39, 0.29) is 5.92 Å². The number of hydrogen-bond acceptors (Lipinski definition) is 2. The van der Waals surface area contributed by atoms with Gasteiger partial charge in [0.2, 0.25) is 5.91 Å². The predicted molar refractivity (Wildman–Crippen MR) is 60.6 cm³/mol. The summed E-state index contributed by atoms with van der Waals surface area (Å²) in [7, 11) is 0. The highest BCUT2D eigenvalue weighted by atomic mass is 16.1. The second kappa shape index (κ2) is 4.97. The largest absolute Gasteiger partial charge is 0.353 e. The highest BCUT2D eigenvalue weighted by Crippen LogP contribution is 2.20. The normalized spacial score (nSPS) is 32.9. The highest BCUT2D eigenvalue weighted by molar-refractivity contribution is 5.79. The van der Waals surface area contributed by atoms with Gasteiger partial charge in [0.1, 0.15) is 0 Å². The van der Waals surface area contributed by atoms with Crippen LogP contribution in [-0.4, -0.2) is 24.5 Å². The third-order valence-corrected chi connectivity index (χ3v) is 3.70. The van der Waals surface area contributed by atoms with Crippen molar-refractivity contribution in [2.24, 2.45) is 5.92 Å². The predicted octanol–water partition coefficient (Wildman–Crippen LogP) is 1.43. The summed E-state index contributed by atoms with van der Waals surface area (Å²) in [4.78, 5) is 12.0. The number of nitrogens with one attached hydrogen (secondary N) is 2. The Morgan fingerprint density at radius 2 is 2.00 bits per heavy atom. The Labute approximate surface area is 92.0 Å². The Balaban J connectivity index is 1.78. The second-order valence-electron chi connectivity index (χ2n) is 5.07. The maximum Gasteiger partial charge on any atom is 0.223 e. The Morgan fingerprint density at radius 3 is 2.67 bits per heavy atom. The zero-order chi connectivity index (χ0) is 10.7. The summed E-state index contributed by atoms with van der Waals surface area (Å²) in [6.07, 6.45) is 6.95. The third-order valence-electron chi connectivity index (χ3n) is 3.70. The molecule has 1 aliphatic carbocycles. The molecule has 2 atom stereocenters. The van der Waals surface area contributed by atoms with Gasteiger partial charge in [-0.05, 0) is 39.2 Å². The summed E-state index contributed by atoms with van der Waals surface area (Å²) in [6.45, 7) is 3.15. The smallest absolute Gasteiger partial charge is 0.223 e. The molecule has 3 nitrogen and oxygen atoms in total. The number of carbonyl (C=O) groups is 1. The third kappa shape index (κ3) is 2.94. The fourth-order valence-corrected chi connectivity index (χ4v) is 2.76. The summed E-state index contributed by atoms with van der Waals surface area (Å²) in [5.74, 6) is 0.553. The molecule has 1 amide bonds. The molecule has 2 aliphatic rings. The fourth-order valence-electron chi connectivity index (χ4n) is 2.76. The van der Waals surface area contributed by atoms with Crippen LogP contribution < -0.4 is 10.6 Å². The molecular weight excluding hydrogens is 188 g/mol. The minimum atomic E-state index is 0.252. The molecule has 1 aliphatic heterocycles. The van der Waals surface area contributed by atoms with Crippen LogP contribution in [0.25, 0.3) is 0 Å². The lowest BCUT2D eigenvalue weighted by atomic mass is 9.92. The quantitative estimate of drug-likeness (QED) is 0.724. The van der Waals surface area contributed by atoms with Gasteiger partial charge in [-0.3, -0.25) is 4.79 Å². The number of piperidine rings is 1. The van der Waals surface area contributed by atoms with E-state index in [9.17, 15) is 4.79 Å². The average molecular weight is 210 g/mol. The molecule has 1 saturated carbocycles. The SMILES string of the molecule is C[C@H]1C[C@@H](C(=O)NC2CCCC2)CCN1. The summed E-state index contributed by atoms with van der Waals surface area (Å²) < 4.78 is 0. The van der Waals surface area contributed by atoms with E-state index in [1.807, 2.05) is 0 Å². The lowest BCUT2D eigenvalue weighted by Gasteiger charge is -2.28. The number of rotatable bonds is 2. The molecule has 0 spiro atoms. The molecule has 0 radical (unpaired) electrons. The van der Waals surface area contributed by atoms with Gasteiger partial charge in [-0.25, -0.2) is 0 Å². The lowest BCUT2D eigenvalue weighted by molar-refractivity contribution is -0.126. The molecule has 0 aromatic rings. The standard InChI is InChI=1S/C12H22N2O/c1-9-8-10(6-7-13-9)12(15)14-11-4-2-3-5-11/h9-11,13H,2-8H2,1H3,(H,14,15)/t9-,10-/m0/s1. The van der Waals surface area contributed by atoms with Crippen LogP contribution in [0.15, 0.2) is 0 Å².